The van der Waals surface area contributed by atoms with Crippen molar-refractivity contribution in [1.82, 2.24) is 19.7 Å². The highest BCUT2D eigenvalue weighted by Crippen LogP contribution is 2.29. The molecule has 0 aliphatic heterocycles. The van der Waals surface area contributed by atoms with Gasteiger partial charge in [-0.05, 0) is 48.8 Å². The number of pyridine rings is 2. The van der Waals surface area contributed by atoms with Crippen molar-refractivity contribution in [3.8, 4) is 11.3 Å². The predicted octanol–water partition coefficient (Wildman–Crippen LogP) is 4.18. The van der Waals surface area contributed by atoms with Crippen LogP contribution >= 0.6 is 15.9 Å². The highest BCUT2D eigenvalue weighted by Gasteiger charge is 2.23. The first-order valence-corrected chi connectivity index (χ1v) is 7.93. The Balaban J connectivity index is 2.20. The van der Waals surface area contributed by atoms with E-state index in [9.17, 15) is 9.18 Å². The summed E-state index contributed by atoms with van der Waals surface area (Å²) < 4.78 is 20.6. The molecular weight excluding hydrogens is 379 g/mol. The molecule has 0 aliphatic carbocycles. The van der Waals surface area contributed by atoms with E-state index < -0.39 is 17.6 Å². The van der Waals surface area contributed by atoms with E-state index in [0.29, 0.717) is 22.3 Å². The Labute approximate surface area is 145 Å². The van der Waals surface area contributed by atoms with Crippen molar-refractivity contribution in [2.75, 3.05) is 0 Å². The zero-order chi connectivity index (χ0) is 17.5. The van der Waals surface area contributed by atoms with E-state index in [2.05, 4.69) is 31.0 Å². The molecule has 0 saturated heterocycles. The molecule has 0 N–H and O–H groups in total. The number of carbonyl (C=O) groups excluding carboxylic acids is 1. The molecular formula is C16H14BrFN4O2. The van der Waals surface area contributed by atoms with E-state index in [0.717, 1.165) is 9.15 Å². The molecule has 0 radical (unpaired) electrons. The molecule has 0 saturated carbocycles. The van der Waals surface area contributed by atoms with Crippen LogP contribution in [-0.2, 0) is 4.74 Å². The van der Waals surface area contributed by atoms with E-state index in [1.165, 1.54) is 12.3 Å². The summed E-state index contributed by atoms with van der Waals surface area (Å²) in [6, 6.07) is 4.64. The standard InChI is InChI=1S/C16H14BrFN4O2/c1-16(2,3)24-15(23)22-14-11(7-10(17)8-20-14)13(21-22)9-4-5-19-12(18)6-9/h4-8H,1-3H3. The molecule has 0 aromatic carbocycles. The smallest absolute Gasteiger partial charge is 0.437 e. The highest BCUT2D eigenvalue weighted by molar-refractivity contribution is 9.10. The largest absolute Gasteiger partial charge is 0.442 e. The van der Waals surface area contributed by atoms with Crippen molar-refractivity contribution >= 4 is 33.1 Å². The number of ether oxygens (including phenoxy) is 1. The van der Waals surface area contributed by atoms with Gasteiger partial charge in [0.05, 0.1) is 0 Å². The van der Waals surface area contributed by atoms with E-state index in [4.69, 9.17) is 4.74 Å². The number of carbonyl (C=O) groups is 1. The molecule has 0 unspecified atom stereocenters. The lowest BCUT2D eigenvalue weighted by Crippen LogP contribution is -2.27. The minimum atomic E-state index is -0.673. The molecule has 3 aromatic heterocycles. The van der Waals surface area contributed by atoms with Crippen molar-refractivity contribution in [1.29, 1.82) is 0 Å². The van der Waals surface area contributed by atoms with Gasteiger partial charge in [0.1, 0.15) is 11.3 Å². The fourth-order valence-electron chi connectivity index (χ4n) is 2.17. The first-order valence-electron chi connectivity index (χ1n) is 7.14. The summed E-state index contributed by atoms with van der Waals surface area (Å²) in [6.45, 7) is 5.29. The summed E-state index contributed by atoms with van der Waals surface area (Å²) in [7, 11) is 0. The van der Waals surface area contributed by atoms with Gasteiger partial charge in [0.2, 0.25) is 5.95 Å². The lowest BCUT2D eigenvalue weighted by molar-refractivity contribution is 0.0522. The van der Waals surface area contributed by atoms with Crippen LogP contribution in [0.15, 0.2) is 35.1 Å². The lowest BCUT2D eigenvalue weighted by Gasteiger charge is -2.18. The zero-order valence-electron chi connectivity index (χ0n) is 13.2. The van der Waals surface area contributed by atoms with Gasteiger partial charge in [-0.15, -0.1) is 4.68 Å². The summed E-state index contributed by atoms with van der Waals surface area (Å²) in [5, 5.41) is 4.89. The maximum atomic E-state index is 13.5. The van der Waals surface area contributed by atoms with Crippen LogP contribution < -0.4 is 0 Å². The second kappa shape index (κ2) is 5.94. The second-order valence-corrected chi connectivity index (χ2v) is 7.05. The molecule has 6 nitrogen and oxygen atoms in total. The Bertz CT molecular complexity index is 933. The molecule has 0 spiro atoms. The van der Waals surface area contributed by atoms with Crippen molar-refractivity contribution in [2.45, 2.75) is 26.4 Å². The van der Waals surface area contributed by atoms with Crippen molar-refractivity contribution in [3.63, 3.8) is 0 Å². The SMILES string of the molecule is CC(C)(C)OC(=O)n1nc(-c2ccnc(F)c2)c2cc(Br)cnc21. The number of halogens is 2. The number of fused-ring (bicyclic) bond motifs is 1. The molecule has 24 heavy (non-hydrogen) atoms. The van der Waals surface area contributed by atoms with Gasteiger partial charge in [0.15, 0.2) is 5.65 Å². The number of nitrogens with zero attached hydrogens (tertiary/aromatic N) is 4. The molecule has 0 amide bonds. The third-order valence-corrected chi connectivity index (χ3v) is 3.49. The van der Waals surface area contributed by atoms with Gasteiger partial charge in [0.25, 0.3) is 0 Å². The van der Waals surface area contributed by atoms with Crippen LogP contribution in [0.3, 0.4) is 0 Å². The molecule has 0 fully saturated rings. The van der Waals surface area contributed by atoms with Crippen molar-refractivity contribution < 1.29 is 13.9 Å². The Morgan fingerprint density at radius 1 is 1.29 bits per heavy atom. The Hall–Kier alpha value is -2.35. The highest BCUT2D eigenvalue weighted by atomic mass is 79.9. The Morgan fingerprint density at radius 3 is 2.71 bits per heavy atom. The van der Waals surface area contributed by atoms with E-state index in [1.807, 2.05) is 0 Å². The zero-order valence-corrected chi connectivity index (χ0v) is 14.8. The van der Waals surface area contributed by atoms with Gasteiger partial charge in [0, 0.05) is 33.9 Å². The van der Waals surface area contributed by atoms with Crippen LogP contribution in [0.5, 0.6) is 0 Å². The van der Waals surface area contributed by atoms with Crippen molar-refractivity contribution in [3.05, 3.63) is 41.0 Å². The van der Waals surface area contributed by atoms with Gasteiger partial charge in [-0.1, -0.05) is 0 Å². The first-order chi connectivity index (χ1) is 11.2. The summed E-state index contributed by atoms with van der Waals surface area (Å²) >= 11 is 3.35. The van der Waals surface area contributed by atoms with Crippen LogP contribution in [0.1, 0.15) is 20.8 Å². The van der Waals surface area contributed by atoms with Gasteiger partial charge < -0.3 is 4.74 Å². The first kappa shape index (κ1) is 16.5. The minimum absolute atomic E-state index is 0.333. The van der Waals surface area contributed by atoms with Gasteiger partial charge >= 0.3 is 6.09 Å². The topological polar surface area (TPSA) is 69.9 Å². The molecule has 3 rings (SSSR count). The van der Waals surface area contributed by atoms with Gasteiger partial charge in [-0.2, -0.15) is 9.49 Å². The molecule has 3 aromatic rings. The van der Waals surface area contributed by atoms with Crippen LogP contribution in [-0.4, -0.2) is 31.4 Å². The monoisotopic (exact) mass is 392 g/mol. The Kier molecular flexibility index (Phi) is 4.08. The number of aromatic nitrogens is 4. The quantitative estimate of drug-likeness (QED) is 0.581. The maximum Gasteiger partial charge on any atom is 0.437 e. The summed E-state index contributed by atoms with van der Waals surface area (Å²) in [6.07, 6.45) is 2.25. The fraction of sp³-hybridized carbons (Fsp3) is 0.250. The predicted molar refractivity (Wildman–Crippen MR) is 90.0 cm³/mol. The third kappa shape index (κ3) is 3.28. The van der Waals surface area contributed by atoms with Crippen LogP contribution in [0.25, 0.3) is 22.3 Å². The second-order valence-electron chi connectivity index (χ2n) is 6.13. The van der Waals surface area contributed by atoms with E-state index in [-0.39, 0.29) is 0 Å². The summed E-state index contributed by atoms with van der Waals surface area (Å²) in [5.41, 5.74) is 0.577. The minimum Gasteiger partial charge on any atom is -0.442 e. The summed E-state index contributed by atoms with van der Waals surface area (Å²) in [5.74, 6) is -0.629. The fourth-order valence-corrected chi connectivity index (χ4v) is 2.50. The average molecular weight is 393 g/mol. The molecule has 124 valence electrons. The molecule has 8 heteroatoms. The third-order valence-electron chi connectivity index (χ3n) is 3.06. The number of hydrogen-bond donors (Lipinski definition) is 0. The molecule has 3 heterocycles. The van der Waals surface area contributed by atoms with E-state index in [1.54, 1.807) is 39.1 Å². The van der Waals surface area contributed by atoms with Crippen LogP contribution in [0.2, 0.25) is 0 Å². The van der Waals surface area contributed by atoms with Crippen LogP contribution in [0, 0.1) is 5.95 Å². The number of hydrogen-bond acceptors (Lipinski definition) is 5. The van der Waals surface area contributed by atoms with Gasteiger partial charge in [-0.3, -0.25) is 0 Å². The maximum absolute atomic E-state index is 13.5. The number of rotatable bonds is 1. The normalized spacial score (nSPS) is 11.7. The summed E-state index contributed by atoms with van der Waals surface area (Å²) in [4.78, 5) is 20.2. The van der Waals surface area contributed by atoms with Gasteiger partial charge in [-0.25, -0.2) is 14.8 Å². The van der Waals surface area contributed by atoms with Crippen LogP contribution in [0.4, 0.5) is 9.18 Å². The Morgan fingerprint density at radius 2 is 2.04 bits per heavy atom. The average Bonchev–Trinajstić information content (AvgIpc) is 2.84. The van der Waals surface area contributed by atoms with Crippen molar-refractivity contribution in [2.24, 2.45) is 0 Å². The lowest BCUT2D eigenvalue weighted by atomic mass is 10.1. The molecule has 0 atom stereocenters. The van der Waals surface area contributed by atoms with E-state index >= 15 is 0 Å². The molecule has 0 bridgehead atoms. The molecule has 0 aliphatic rings.